The molecule has 2 amide bonds. The van der Waals surface area contributed by atoms with Gasteiger partial charge < -0.3 is 14.2 Å². The van der Waals surface area contributed by atoms with Gasteiger partial charge in [0.25, 0.3) is 11.1 Å². The van der Waals surface area contributed by atoms with Gasteiger partial charge in [0, 0.05) is 7.11 Å². The second-order valence-electron chi connectivity index (χ2n) is 7.17. The van der Waals surface area contributed by atoms with E-state index in [1.54, 1.807) is 7.11 Å². The molecule has 0 radical (unpaired) electrons. The van der Waals surface area contributed by atoms with E-state index in [2.05, 4.69) is 12.2 Å². The smallest absolute Gasteiger partial charge is 0.290 e. The highest BCUT2D eigenvalue weighted by atomic mass is 32.2. The molecule has 2 heterocycles. The summed E-state index contributed by atoms with van der Waals surface area (Å²) in [6.07, 6.45) is 5.07. The van der Waals surface area contributed by atoms with Gasteiger partial charge in [0.1, 0.15) is 17.1 Å². The zero-order chi connectivity index (χ0) is 19.6. The number of methoxy groups -OCH3 is 1. The molecule has 7 heteroatoms. The summed E-state index contributed by atoms with van der Waals surface area (Å²) in [6, 6.07) is 2.04. The Labute approximate surface area is 163 Å². The van der Waals surface area contributed by atoms with E-state index in [-0.39, 0.29) is 23.5 Å². The highest BCUT2D eigenvalue weighted by Gasteiger charge is 2.33. The van der Waals surface area contributed by atoms with Crippen LogP contribution < -0.4 is 14.8 Å². The van der Waals surface area contributed by atoms with E-state index in [1.165, 1.54) is 0 Å². The lowest BCUT2D eigenvalue weighted by Crippen LogP contribution is -2.36. The Kier molecular flexibility index (Phi) is 5.81. The second kappa shape index (κ2) is 7.94. The SMILES string of the molecule is COCOc1cc2c(c(C)c1C)OC(C)(CC/C=C1/SC(=O)NC1=O)CC2. The van der Waals surface area contributed by atoms with E-state index >= 15 is 0 Å². The number of thioether (sulfide) groups is 1. The fourth-order valence-corrected chi connectivity index (χ4v) is 4.06. The molecule has 2 aliphatic rings. The minimum Gasteiger partial charge on any atom is -0.487 e. The fourth-order valence-electron chi connectivity index (χ4n) is 3.37. The number of imide groups is 1. The predicted molar refractivity (Wildman–Crippen MR) is 104 cm³/mol. The van der Waals surface area contributed by atoms with Crippen LogP contribution in [0.2, 0.25) is 0 Å². The number of nitrogens with one attached hydrogen (secondary N) is 1. The zero-order valence-electron chi connectivity index (χ0n) is 16.1. The first-order valence-electron chi connectivity index (χ1n) is 9.00. The Hall–Kier alpha value is -1.99. The summed E-state index contributed by atoms with van der Waals surface area (Å²) in [5.41, 5.74) is 2.98. The molecule has 27 heavy (non-hydrogen) atoms. The molecule has 1 N–H and O–H groups in total. The molecule has 0 aliphatic carbocycles. The molecule has 1 fully saturated rings. The molecule has 1 atom stereocenters. The van der Waals surface area contributed by atoms with Crippen LogP contribution >= 0.6 is 11.8 Å². The van der Waals surface area contributed by atoms with Crippen LogP contribution in [-0.2, 0) is 16.0 Å². The van der Waals surface area contributed by atoms with Crippen LogP contribution in [0.1, 0.15) is 42.9 Å². The van der Waals surface area contributed by atoms with Gasteiger partial charge in [-0.05, 0) is 81.0 Å². The number of allylic oxidation sites excluding steroid dienone is 1. The molecule has 6 nitrogen and oxygen atoms in total. The number of amides is 2. The summed E-state index contributed by atoms with van der Waals surface area (Å²) >= 11 is 0.957. The number of rotatable bonds is 6. The number of carbonyl (C=O) groups excluding carboxylic acids is 2. The van der Waals surface area contributed by atoms with Crippen LogP contribution in [-0.4, -0.2) is 30.7 Å². The number of hydrogen-bond donors (Lipinski definition) is 1. The van der Waals surface area contributed by atoms with E-state index in [0.717, 1.165) is 59.2 Å². The van der Waals surface area contributed by atoms with Gasteiger partial charge in [0.2, 0.25) is 0 Å². The van der Waals surface area contributed by atoms with Crippen molar-refractivity contribution in [3.63, 3.8) is 0 Å². The second-order valence-corrected chi connectivity index (χ2v) is 8.18. The fraction of sp³-hybridized carbons (Fsp3) is 0.500. The Morgan fingerprint density at radius 1 is 1.33 bits per heavy atom. The Morgan fingerprint density at radius 2 is 2.11 bits per heavy atom. The molecule has 0 spiro atoms. The molecule has 3 rings (SSSR count). The van der Waals surface area contributed by atoms with Crippen molar-refractivity contribution in [1.29, 1.82) is 0 Å². The lowest BCUT2D eigenvalue weighted by atomic mass is 9.87. The Bertz CT molecular complexity index is 804. The largest absolute Gasteiger partial charge is 0.487 e. The van der Waals surface area contributed by atoms with Crippen molar-refractivity contribution in [2.45, 2.75) is 52.1 Å². The minimum atomic E-state index is -0.307. The van der Waals surface area contributed by atoms with Gasteiger partial charge >= 0.3 is 0 Å². The summed E-state index contributed by atoms with van der Waals surface area (Å²) in [6.45, 7) is 6.39. The topological polar surface area (TPSA) is 73.9 Å². The Morgan fingerprint density at radius 3 is 2.78 bits per heavy atom. The highest BCUT2D eigenvalue weighted by molar-refractivity contribution is 8.18. The molecule has 146 valence electrons. The Balaban J connectivity index is 1.71. The van der Waals surface area contributed by atoms with Gasteiger partial charge in [-0.1, -0.05) is 6.08 Å². The van der Waals surface area contributed by atoms with Gasteiger partial charge in [-0.25, -0.2) is 0 Å². The summed E-state index contributed by atoms with van der Waals surface area (Å²) in [4.78, 5) is 23.3. The van der Waals surface area contributed by atoms with Crippen LogP contribution in [0.3, 0.4) is 0 Å². The standard InChI is InChI=1S/C20H25NO5S/c1-12-13(2)17-14(10-15(12)25-11-24-4)7-9-20(3,26-17)8-5-6-16-18(22)21-19(23)27-16/h6,10H,5,7-9,11H2,1-4H3,(H,21,22,23)/b16-6+. The summed E-state index contributed by atoms with van der Waals surface area (Å²) in [5.74, 6) is 1.46. The maximum Gasteiger partial charge on any atom is 0.290 e. The number of fused-ring (bicyclic) bond motifs is 1. The molecular weight excluding hydrogens is 366 g/mol. The molecule has 0 bridgehead atoms. The van der Waals surface area contributed by atoms with Gasteiger partial charge in [0.05, 0.1) is 4.91 Å². The number of aryl methyl sites for hydroxylation is 1. The average molecular weight is 391 g/mol. The minimum absolute atomic E-state index is 0.223. The third kappa shape index (κ3) is 4.30. The third-order valence-electron chi connectivity index (χ3n) is 5.12. The first kappa shape index (κ1) is 19.8. The van der Waals surface area contributed by atoms with E-state index in [0.29, 0.717) is 11.3 Å². The van der Waals surface area contributed by atoms with Gasteiger partial charge in [0.15, 0.2) is 6.79 Å². The highest BCUT2D eigenvalue weighted by Crippen LogP contribution is 2.42. The number of carbonyl (C=O) groups is 2. The molecular formula is C20H25NO5S. The number of benzene rings is 1. The van der Waals surface area contributed by atoms with Crippen molar-refractivity contribution in [2.24, 2.45) is 0 Å². The molecule has 1 aromatic carbocycles. The van der Waals surface area contributed by atoms with Crippen LogP contribution in [0.15, 0.2) is 17.0 Å². The first-order chi connectivity index (χ1) is 12.8. The van der Waals surface area contributed by atoms with E-state index in [1.807, 2.05) is 26.0 Å². The molecule has 0 aromatic heterocycles. The number of hydrogen-bond acceptors (Lipinski definition) is 6. The molecule has 1 saturated heterocycles. The van der Waals surface area contributed by atoms with Crippen molar-refractivity contribution in [3.05, 3.63) is 33.7 Å². The molecule has 1 aromatic rings. The predicted octanol–water partition coefficient (Wildman–Crippen LogP) is 4.02. The summed E-state index contributed by atoms with van der Waals surface area (Å²) in [7, 11) is 1.61. The van der Waals surface area contributed by atoms with Gasteiger partial charge in [-0.2, -0.15) is 0 Å². The van der Waals surface area contributed by atoms with Crippen LogP contribution in [0.25, 0.3) is 0 Å². The van der Waals surface area contributed by atoms with E-state index in [4.69, 9.17) is 14.2 Å². The molecule has 1 unspecified atom stereocenters. The van der Waals surface area contributed by atoms with Gasteiger partial charge in [-0.3, -0.25) is 14.9 Å². The van der Waals surface area contributed by atoms with Crippen molar-refractivity contribution in [2.75, 3.05) is 13.9 Å². The van der Waals surface area contributed by atoms with Crippen molar-refractivity contribution in [3.8, 4) is 11.5 Å². The quantitative estimate of drug-likeness (QED) is 0.583. The first-order valence-corrected chi connectivity index (χ1v) is 9.82. The van der Waals surface area contributed by atoms with Gasteiger partial charge in [-0.15, -0.1) is 0 Å². The van der Waals surface area contributed by atoms with Crippen LogP contribution in [0, 0.1) is 13.8 Å². The maximum absolute atomic E-state index is 11.6. The monoisotopic (exact) mass is 391 g/mol. The number of ether oxygens (including phenoxy) is 3. The maximum atomic E-state index is 11.6. The van der Waals surface area contributed by atoms with Crippen LogP contribution in [0.5, 0.6) is 11.5 Å². The van der Waals surface area contributed by atoms with E-state index < -0.39 is 0 Å². The molecule has 2 aliphatic heterocycles. The summed E-state index contributed by atoms with van der Waals surface area (Å²) in [5, 5.41) is 1.97. The lowest BCUT2D eigenvalue weighted by Gasteiger charge is -2.37. The third-order valence-corrected chi connectivity index (χ3v) is 5.98. The lowest BCUT2D eigenvalue weighted by molar-refractivity contribution is -0.115. The zero-order valence-corrected chi connectivity index (χ0v) is 17.0. The van der Waals surface area contributed by atoms with E-state index in [9.17, 15) is 9.59 Å². The molecule has 0 saturated carbocycles. The van der Waals surface area contributed by atoms with Crippen molar-refractivity contribution < 1.29 is 23.8 Å². The van der Waals surface area contributed by atoms with Crippen molar-refractivity contribution >= 4 is 22.9 Å². The average Bonchev–Trinajstić information content (AvgIpc) is 2.95. The van der Waals surface area contributed by atoms with Crippen LogP contribution in [0.4, 0.5) is 4.79 Å². The van der Waals surface area contributed by atoms with Crippen molar-refractivity contribution in [1.82, 2.24) is 5.32 Å². The normalized spacial score (nSPS) is 23.2. The summed E-state index contributed by atoms with van der Waals surface area (Å²) < 4.78 is 17.1.